The third-order valence-electron chi connectivity index (χ3n) is 3.83. The van der Waals surface area contributed by atoms with Crippen LogP contribution in [0, 0.1) is 11.6 Å². The van der Waals surface area contributed by atoms with Crippen LogP contribution in [0.4, 0.5) is 8.78 Å². The Morgan fingerprint density at radius 1 is 1.19 bits per heavy atom. The van der Waals surface area contributed by atoms with E-state index in [1.165, 1.54) is 34.8 Å². The molecule has 0 N–H and O–H groups in total. The van der Waals surface area contributed by atoms with Crippen LogP contribution in [0.25, 0.3) is 16.9 Å². The van der Waals surface area contributed by atoms with Gasteiger partial charge in [-0.15, -0.1) is 0 Å². The third kappa shape index (κ3) is 3.08. The Morgan fingerprint density at radius 3 is 2.35 bits per heavy atom. The molecule has 3 rings (SSSR count). The van der Waals surface area contributed by atoms with Gasteiger partial charge in [-0.05, 0) is 13.0 Å². The summed E-state index contributed by atoms with van der Waals surface area (Å²) in [5, 5.41) is 4.26. The Hall–Kier alpha value is -2.38. The first-order chi connectivity index (χ1) is 12.4. The number of nitrogens with zero attached hydrogens (tertiary/aromatic N) is 3. The summed E-state index contributed by atoms with van der Waals surface area (Å²) in [5.74, 6) is -1.75. The molecule has 0 spiro atoms. The third-order valence-corrected chi connectivity index (χ3v) is 4.29. The van der Waals surface area contributed by atoms with Gasteiger partial charge in [-0.1, -0.05) is 23.2 Å². The van der Waals surface area contributed by atoms with Crippen LogP contribution in [0.15, 0.2) is 35.4 Å². The molecule has 0 saturated carbocycles. The smallest absolute Gasteiger partial charge is 0.269 e. The van der Waals surface area contributed by atoms with Crippen LogP contribution in [0.5, 0.6) is 5.75 Å². The molecule has 2 heterocycles. The highest BCUT2D eigenvalue weighted by atomic mass is 35.5. The van der Waals surface area contributed by atoms with E-state index < -0.39 is 17.2 Å². The van der Waals surface area contributed by atoms with Crippen molar-refractivity contribution >= 4 is 23.2 Å². The van der Waals surface area contributed by atoms with Gasteiger partial charge < -0.3 is 9.30 Å². The second-order valence-electron chi connectivity index (χ2n) is 5.34. The molecule has 5 nitrogen and oxygen atoms in total. The molecule has 9 heteroatoms. The number of aromatic nitrogens is 3. The fraction of sp³-hybridized carbons (Fsp3) is 0.176. The second-order valence-corrected chi connectivity index (χ2v) is 6.19. The van der Waals surface area contributed by atoms with Crippen molar-refractivity contribution < 1.29 is 13.5 Å². The van der Waals surface area contributed by atoms with E-state index in [-0.39, 0.29) is 34.3 Å². The molecule has 0 bridgehead atoms. The standard InChI is InChI=1S/C17H13Cl2F2N3O2/c1-3-23-16(15-12(20)4-10(26-2)5-13(15)21)14(6-11(19)17(23)25)24-8-9(18)7-22-24/h4-8H,3H2,1-2H3. The summed E-state index contributed by atoms with van der Waals surface area (Å²) >= 11 is 11.9. The van der Waals surface area contributed by atoms with Crippen LogP contribution in [0.1, 0.15) is 6.92 Å². The molecule has 0 aliphatic heterocycles. The molecule has 0 amide bonds. The van der Waals surface area contributed by atoms with Crippen molar-refractivity contribution in [2.24, 2.45) is 0 Å². The van der Waals surface area contributed by atoms with Gasteiger partial charge in [0.05, 0.1) is 35.3 Å². The van der Waals surface area contributed by atoms with Crippen molar-refractivity contribution in [3.05, 3.63) is 62.6 Å². The minimum atomic E-state index is -0.884. The maximum absolute atomic E-state index is 14.7. The van der Waals surface area contributed by atoms with E-state index in [4.69, 9.17) is 27.9 Å². The quantitative estimate of drug-likeness (QED) is 0.656. The SMILES string of the molecule is CCn1c(-c2c(F)cc(OC)cc2F)c(-n2cc(Cl)cn2)cc(Cl)c1=O. The topological polar surface area (TPSA) is 49.0 Å². The van der Waals surface area contributed by atoms with Crippen LogP contribution in [0.2, 0.25) is 10.0 Å². The molecule has 0 unspecified atom stereocenters. The van der Waals surface area contributed by atoms with Crippen LogP contribution >= 0.6 is 23.2 Å². The van der Waals surface area contributed by atoms with E-state index in [0.29, 0.717) is 5.02 Å². The van der Waals surface area contributed by atoms with Crippen LogP contribution in [0.3, 0.4) is 0 Å². The van der Waals surface area contributed by atoms with E-state index in [1.54, 1.807) is 6.92 Å². The van der Waals surface area contributed by atoms with Crippen LogP contribution < -0.4 is 10.3 Å². The molecule has 0 saturated heterocycles. The zero-order valence-corrected chi connectivity index (χ0v) is 15.3. The zero-order valence-electron chi connectivity index (χ0n) is 13.8. The van der Waals surface area contributed by atoms with Gasteiger partial charge >= 0.3 is 0 Å². The largest absolute Gasteiger partial charge is 0.497 e. The first-order valence-electron chi connectivity index (χ1n) is 7.54. The van der Waals surface area contributed by atoms with Crippen molar-refractivity contribution in [2.75, 3.05) is 7.11 Å². The molecule has 1 aromatic carbocycles. The van der Waals surface area contributed by atoms with Crippen molar-refractivity contribution in [1.82, 2.24) is 14.3 Å². The highest BCUT2D eigenvalue weighted by Crippen LogP contribution is 2.34. The van der Waals surface area contributed by atoms with E-state index >= 15 is 0 Å². The molecule has 0 aliphatic rings. The number of methoxy groups -OCH3 is 1. The van der Waals surface area contributed by atoms with Gasteiger partial charge in [0.15, 0.2) is 0 Å². The van der Waals surface area contributed by atoms with E-state index in [2.05, 4.69) is 5.10 Å². The molecule has 136 valence electrons. The van der Waals surface area contributed by atoms with Gasteiger partial charge in [0.2, 0.25) is 0 Å². The number of pyridine rings is 1. The Bertz CT molecular complexity index is 1020. The molecule has 2 aromatic heterocycles. The lowest BCUT2D eigenvalue weighted by Crippen LogP contribution is -2.24. The summed E-state index contributed by atoms with van der Waals surface area (Å²) in [6.07, 6.45) is 2.81. The van der Waals surface area contributed by atoms with Gasteiger partial charge in [-0.3, -0.25) is 4.79 Å². The minimum absolute atomic E-state index is 0.000630. The first-order valence-corrected chi connectivity index (χ1v) is 8.30. The van der Waals surface area contributed by atoms with E-state index in [0.717, 1.165) is 12.1 Å². The van der Waals surface area contributed by atoms with Gasteiger partial charge in [0.25, 0.3) is 5.56 Å². The van der Waals surface area contributed by atoms with Crippen LogP contribution in [-0.2, 0) is 6.54 Å². The van der Waals surface area contributed by atoms with Crippen LogP contribution in [-0.4, -0.2) is 21.5 Å². The summed E-state index contributed by atoms with van der Waals surface area (Å²) < 4.78 is 36.8. The molecular formula is C17H13Cl2F2N3O2. The maximum Gasteiger partial charge on any atom is 0.269 e. The highest BCUT2D eigenvalue weighted by Gasteiger charge is 2.23. The van der Waals surface area contributed by atoms with Crippen molar-refractivity contribution in [2.45, 2.75) is 13.5 Å². The predicted octanol–water partition coefficient (Wildman–Crippen LogP) is 4.31. The monoisotopic (exact) mass is 399 g/mol. The fourth-order valence-electron chi connectivity index (χ4n) is 2.68. The molecule has 26 heavy (non-hydrogen) atoms. The second kappa shape index (κ2) is 7.09. The summed E-state index contributed by atoms with van der Waals surface area (Å²) in [5.41, 5.74) is -0.741. The molecule has 0 aliphatic carbocycles. The Balaban J connectivity index is 2.44. The Kier molecular flexibility index (Phi) is 5.02. The van der Waals surface area contributed by atoms with Gasteiger partial charge in [-0.2, -0.15) is 5.10 Å². The Labute approximate surface area is 157 Å². The molecule has 0 fully saturated rings. The van der Waals surface area contributed by atoms with E-state index in [1.807, 2.05) is 0 Å². The number of hydrogen-bond acceptors (Lipinski definition) is 3. The number of rotatable bonds is 4. The predicted molar refractivity (Wildman–Crippen MR) is 95.4 cm³/mol. The lowest BCUT2D eigenvalue weighted by atomic mass is 10.1. The highest BCUT2D eigenvalue weighted by molar-refractivity contribution is 6.31. The first kappa shape index (κ1) is 18.4. The number of halogens is 4. The van der Waals surface area contributed by atoms with Crippen molar-refractivity contribution in [3.8, 4) is 22.7 Å². The van der Waals surface area contributed by atoms with Crippen molar-refractivity contribution in [1.29, 1.82) is 0 Å². The minimum Gasteiger partial charge on any atom is -0.497 e. The normalized spacial score (nSPS) is 11.0. The molecular weight excluding hydrogens is 387 g/mol. The molecule has 3 aromatic rings. The van der Waals surface area contributed by atoms with Crippen molar-refractivity contribution in [3.63, 3.8) is 0 Å². The summed E-state index contributed by atoms with van der Waals surface area (Å²) in [6, 6.07) is 3.38. The fourth-order valence-corrected chi connectivity index (χ4v) is 3.03. The molecule has 0 atom stereocenters. The van der Waals surface area contributed by atoms with Gasteiger partial charge in [-0.25, -0.2) is 13.5 Å². The lowest BCUT2D eigenvalue weighted by molar-refractivity contribution is 0.407. The van der Waals surface area contributed by atoms with Gasteiger partial charge in [0.1, 0.15) is 22.4 Å². The number of ether oxygens (including phenoxy) is 1. The number of benzene rings is 1. The zero-order chi connectivity index (χ0) is 19.0. The maximum atomic E-state index is 14.7. The average Bonchev–Trinajstić information content (AvgIpc) is 3.03. The number of hydrogen-bond donors (Lipinski definition) is 0. The average molecular weight is 400 g/mol. The summed E-state index contributed by atoms with van der Waals surface area (Å²) in [7, 11) is 1.30. The molecule has 0 radical (unpaired) electrons. The Morgan fingerprint density at radius 2 is 1.85 bits per heavy atom. The van der Waals surface area contributed by atoms with E-state index in [9.17, 15) is 13.6 Å². The summed E-state index contributed by atoms with van der Waals surface area (Å²) in [6.45, 7) is 1.81. The lowest BCUT2D eigenvalue weighted by Gasteiger charge is -2.18. The summed E-state index contributed by atoms with van der Waals surface area (Å²) in [4.78, 5) is 12.4. The van der Waals surface area contributed by atoms with Gasteiger partial charge in [0, 0.05) is 24.9 Å².